The molecule has 1 atom stereocenters. The molecule has 1 unspecified atom stereocenters. The number of hydrogen-bond donors (Lipinski definition) is 0. The number of para-hydroxylation sites is 6. The van der Waals surface area contributed by atoms with Gasteiger partial charge in [-0.15, -0.1) is 0 Å². The summed E-state index contributed by atoms with van der Waals surface area (Å²) in [6, 6.07) is 68.9. The van der Waals surface area contributed by atoms with Gasteiger partial charge in [-0.05, 0) is 82.9 Å². The molecule has 59 heavy (non-hydrogen) atoms. The molecule has 8 aromatic rings. The standard InChI is InChI=1S/C54H44N3OP/c1-53(2)39-25-11-15-29-43(39)56(44-30-16-12-26-40(44)53)48-35-50-52(36-49(48)57-45-31-17-13-27-41(45)54(3,4)42-28-14-18-32-46(42)57)59(58,38-23-9-6-10-24-38)51-34-20-19-33-47(51)55(50)37-21-7-5-8-22-37/h5-36H,1-4H3. The van der Waals surface area contributed by atoms with Crippen LogP contribution in [0.15, 0.2) is 194 Å². The molecule has 0 saturated heterocycles. The average Bonchev–Trinajstić information content (AvgIpc) is 3.28. The zero-order valence-corrected chi connectivity index (χ0v) is 34.6. The van der Waals surface area contributed by atoms with E-state index in [1.807, 2.05) is 36.4 Å². The lowest BCUT2D eigenvalue weighted by molar-refractivity contribution is 0.592. The molecule has 0 aromatic heterocycles. The van der Waals surface area contributed by atoms with Crippen molar-refractivity contribution >= 4 is 74.2 Å². The van der Waals surface area contributed by atoms with Gasteiger partial charge in [-0.1, -0.05) is 161 Å². The van der Waals surface area contributed by atoms with Crippen molar-refractivity contribution in [1.82, 2.24) is 0 Å². The summed E-state index contributed by atoms with van der Waals surface area (Å²) in [6.45, 7) is 9.32. The molecule has 5 heteroatoms. The van der Waals surface area contributed by atoms with Gasteiger partial charge in [0.1, 0.15) is 0 Å². The highest BCUT2D eigenvalue weighted by Gasteiger charge is 2.46. The van der Waals surface area contributed by atoms with Crippen molar-refractivity contribution in [1.29, 1.82) is 0 Å². The van der Waals surface area contributed by atoms with Crippen molar-refractivity contribution in [3.05, 3.63) is 216 Å². The summed E-state index contributed by atoms with van der Waals surface area (Å²) < 4.78 is 16.8. The van der Waals surface area contributed by atoms with Gasteiger partial charge in [0.05, 0.1) is 45.5 Å². The van der Waals surface area contributed by atoms with Gasteiger partial charge in [0.2, 0.25) is 0 Å². The van der Waals surface area contributed by atoms with Gasteiger partial charge in [-0.3, -0.25) is 0 Å². The van der Waals surface area contributed by atoms with Crippen LogP contribution >= 0.6 is 7.14 Å². The van der Waals surface area contributed by atoms with E-state index in [1.54, 1.807) is 0 Å². The third kappa shape index (κ3) is 5.00. The molecule has 0 fully saturated rings. The fourth-order valence-corrected chi connectivity index (χ4v) is 13.1. The third-order valence-corrected chi connectivity index (χ3v) is 16.1. The number of nitrogens with zero attached hydrogens (tertiary/aromatic N) is 3. The predicted molar refractivity (Wildman–Crippen MR) is 248 cm³/mol. The molecule has 3 aliphatic rings. The van der Waals surface area contributed by atoms with Gasteiger partial charge in [0.25, 0.3) is 0 Å². The van der Waals surface area contributed by atoms with Crippen molar-refractivity contribution in [3.8, 4) is 0 Å². The van der Waals surface area contributed by atoms with Crippen molar-refractivity contribution in [3.63, 3.8) is 0 Å². The summed E-state index contributed by atoms with van der Waals surface area (Å²) in [5, 5.41) is 2.46. The molecule has 0 saturated carbocycles. The molecule has 8 aromatic carbocycles. The van der Waals surface area contributed by atoms with Crippen molar-refractivity contribution in [2.45, 2.75) is 38.5 Å². The van der Waals surface area contributed by atoms with Crippen LogP contribution in [-0.2, 0) is 15.4 Å². The molecule has 0 spiro atoms. The first-order valence-electron chi connectivity index (χ1n) is 20.5. The Bertz CT molecular complexity index is 2910. The molecule has 0 N–H and O–H groups in total. The minimum atomic E-state index is -3.48. The Labute approximate surface area is 347 Å². The van der Waals surface area contributed by atoms with Crippen LogP contribution in [-0.4, -0.2) is 0 Å². The van der Waals surface area contributed by atoms with Crippen LogP contribution in [0.25, 0.3) is 0 Å². The molecule has 4 nitrogen and oxygen atoms in total. The maximum Gasteiger partial charge on any atom is 0.175 e. The van der Waals surface area contributed by atoms with Crippen LogP contribution in [0.3, 0.4) is 0 Å². The van der Waals surface area contributed by atoms with Gasteiger partial charge >= 0.3 is 0 Å². The molecule has 0 bridgehead atoms. The fourth-order valence-electron chi connectivity index (χ4n) is 10.2. The summed E-state index contributed by atoms with van der Waals surface area (Å²) in [6.07, 6.45) is 0. The minimum Gasteiger partial charge on any atom is -0.309 e. The highest BCUT2D eigenvalue weighted by molar-refractivity contribution is 7.86. The van der Waals surface area contributed by atoms with E-state index in [1.165, 1.54) is 22.3 Å². The number of hydrogen-bond acceptors (Lipinski definition) is 4. The first-order chi connectivity index (χ1) is 28.7. The maximum atomic E-state index is 16.8. The van der Waals surface area contributed by atoms with E-state index >= 15 is 4.57 Å². The molecule has 0 amide bonds. The summed E-state index contributed by atoms with van der Waals surface area (Å²) in [5.74, 6) is 0. The molecule has 286 valence electrons. The topological polar surface area (TPSA) is 26.8 Å². The highest BCUT2D eigenvalue weighted by Crippen LogP contribution is 2.61. The fraction of sp³-hybridized carbons (Fsp3) is 0.111. The van der Waals surface area contributed by atoms with Crippen LogP contribution in [0.1, 0.15) is 49.9 Å². The van der Waals surface area contributed by atoms with Gasteiger partial charge in [-0.2, -0.15) is 0 Å². The number of anilines is 9. The second-order valence-electron chi connectivity index (χ2n) is 16.9. The second-order valence-corrected chi connectivity index (χ2v) is 19.6. The normalized spacial score (nSPS) is 17.8. The summed E-state index contributed by atoms with van der Waals surface area (Å²) in [7, 11) is -3.48. The van der Waals surface area contributed by atoms with E-state index in [-0.39, 0.29) is 10.8 Å². The first-order valence-corrected chi connectivity index (χ1v) is 22.2. The molecular formula is C54H44N3OP. The van der Waals surface area contributed by atoms with Crippen LogP contribution < -0.4 is 30.6 Å². The largest absolute Gasteiger partial charge is 0.309 e. The van der Waals surface area contributed by atoms with Gasteiger partial charge in [0.15, 0.2) is 7.14 Å². The molecule has 0 aliphatic carbocycles. The number of benzene rings is 8. The van der Waals surface area contributed by atoms with E-state index in [9.17, 15) is 0 Å². The van der Waals surface area contributed by atoms with Crippen molar-refractivity contribution in [2.24, 2.45) is 0 Å². The lowest BCUT2D eigenvalue weighted by Gasteiger charge is -2.46. The second kappa shape index (κ2) is 12.9. The molecule has 3 heterocycles. The average molecular weight is 782 g/mol. The highest BCUT2D eigenvalue weighted by atomic mass is 31.2. The van der Waals surface area contributed by atoms with Crippen LogP contribution in [0.4, 0.5) is 51.2 Å². The summed E-state index contributed by atoms with van der Waals surface area (Å²) in [4.78, 5) is 7.23. The maximum absolute atomic E-state index is 16.8. The zero-order valence-electron chi connectivity index (χ0n) is 33.7. The smallest absolute Gasteiger partial charge is 0.175 e. The lowest BCUT2D eigenvalue weighted by Crippen LogP contribution is -2.38. The Hall–Kier alpha value is -6.61. The van der Waals surface area contributed by atoms with Gasteiger partial charge in [0, 0.05) is 32.4 Å². The van der Waals surface area contributed by atoms with Gasteiger partial charge < -0.3 is 19.3 Å². The van der Waals surface area contributed by atoms with E-state index in [2.05, 4.69) is 200 Å². The Morgan fingerprint density at radius 1 is 0.339 bits per heavy atom. The molecule has 0 radical (unpaired) electrons. The van der Waals surface area contributed by atoms with Crippen LogP contribution in [0.2, 0.25) is 0 Å². The predicted octanol–water partition coefficient (Wildman–Crippen LogP) is 13.3. The Morgan fingerprint density at radius 3 is 1.19 bits per heavy atom. The number of fused-ring (bicyclic) bond motifs is 6. The van der Waals surface area contributed by atoms with Crippen LogP contribution in [0, 0.1) is 0 Å². The van der Waals surface area contributed by atoms with Crippen molar-refractivity contribution in [2.75, 3.05) is 14.7 Å². The Kier molecular flexibility index (Phi) is 7.80. The monoisotopic (exact) mass is 781 g/mol. The van der Waals surface area contributed by atoms with E-state index in [0.29, 0.717) is 0 Å². The summed E-state index contributed by atoms with van der Waals surface area (Å²) in [5.41, 5.74) is 13.8. The number of rotatable bonds is 4. The van der Waals surface area contributed by atoms with E-state index in [4.69, 9.17) is 0 Å². The van der Waals surface area contributed by atoms with Crippen LogP contribution in [0.5, 0.6) is 0 Å². The van der Waals surface area contributed by atoms with Gasteiger partial charge in [-0.25, -0.2) is 0 Å². The van der Waals surface area contributed by atoms with E-state index < -0.39 is 7.14 Å². The Morgan fingerprint density at radius 2 is 0.712 bits per heavy atom. The van der Waals surface area contributed by atoms with Crippen molar-refractivity contribution < 1.29 is 4.57 Å². The molecular weight excluding hydrogens is 738 g/mol. The third-order valence-electron chi connectivity index (χ3n) is 13.0. The van der Waals surface area contributed by atoms with E-state index in [0.717, 1.165) is 67.1 Å². The lowest BCUT2D eigenvalue weighted by atomic mass is 9.73. The first kappa shape index (κ1) is 35.5. The quantitative estimate of drug-likeness (QED) is 0.166. The molecule has 11 rings (SSSR count). The minimum absolute atomic E-state index is 0.246. The Balaban J connectivity index is 1.33. The SMILES string of the molecule is CC1(C)c2ccccc2N(c2cc3c(cc2N2c4ccccc4C(C)(C)c4ccccc42)P(=O)(c2ccccc2)c2ccccc2N3c2ccccc2)c2ccccc21. The zero-order chi connectivity index (χ0) is 40.1. The summed E-state index contributed by atoms with van der Waals surface area (Å²) >= 11 is 0. The molecule has 3 aliphatic heterocycles.